The number of fused-ring (bicyclic) bond motifs is 1. The molecule has 1 fully saturated rings. The van der Waals surface area contributed by atoms with E-state index in [0.29, 0.717) is 36.8 Å². The van der Waals surface area contributed by atoms with Crippen molar-refractivity contribution in [2.45, 2.75) is 18.8 Å². The number of likely N-dealkylation sites (tertiary alicyclic amines) is 1. The van der Waals surface area contributed by atoms with Gasteiger partial charge in [0.25, 0.3) is 5.69 Å². The second kappa shape index (κ2) is 9.10. The van der Waals surface area contributed by atoms with Gasteiger partial charge < -0.3 is 10.1 Å². The van der Waals surface area contributed by atoms with Gasteiger partial charge in [-0.05, 0) is 68.9 Å². The van der Waals surface area contributed by atoms with Crippen LogP contribution in [-0.4, -0.2) is 30.0 Å². The van der Waals surface area contributed by atoms with Gasteiger partial charge in [-0.1, -0.05) is 29.3 Å². The summed E-state index contributed by atoms with van der Waals surface area (Å²) in [5.41, 5.74) is 2.48. The minimum Gasteiger partial charge on any atom is -0.618 e. The summed E-state index contributed by atoms with van der Waals surface area (Å²) in [5, 5.41) is 14.2. The van der Waals surface area contributed by atoms with Gasteiger partial charge in [-0.3, -0.25) is 0 Å². The molecule has 0 N–H and O–H groups in total. The Kier molecular flexibility index (Phi) is 6.15. The normalized spacial score (nSPS) is 15.2. The van der Waals surface area contributed by atoms with E-state index in [2.05, 4.69) is 11.9 Å². The maximum atomic E-state index is 14.9. The predicted octanol–water partition coefficient (Wildman–Crippen LogP) is 6.60. The Bertz CT molecular complexity index is 1380. The van der Waals surface area contributed by atoms with Crippen LogP contribution < -0.4 is 4.73 Å². The lowest BCUT2D eigenvalue weighted by atomic mass is 9.90. The van der Waals surface area contributed by atoms with Crippen molar-refractivity contribution in [1.29, 1.82) is 0 Å². The van der Waals surface area contributed by atoms with Crippen LogP contribution in [0.15, 0.2) is 54.7 Å². The zero-order valence-electron chi connectivity index (χ0n) is 18.4. The van der Waals surface area contributed by atoms with Gasteiger partial charge >= 0.3 is 0 Å². The van der Waals surface area contributed by atoms with E-state index in [1.54, 1.807) is 24.3 Å². The van der Waals surface area contributed by atoms with E-state index in [-0.39, 0.29) is 17.2 Å². The molecule has 5 rings (SSSR count). The molecule has 0 spiro atoms. The van der Waals surface area contributed by atoms with Gasteiger partial charge in [0.2, 0.25) is 0 Å². The number of rotatable bonds is 3. The zero-order valence-corrected chi connectivity index (χ0v) is 19.9. The van der Waals surface area contributed by atoms with E-state index < -0.39 is 11.6 Å². The summed E-state index contributed by atoms with van der Waals surface area (Å²) in [6, 6.07) is 12.0. The van der Waals surface area contributed by atoms with E-state index in [1.807, 2.05) is 6.07 Å². The molecular weight excluding hydrogens is 479 g/mol. The van der Waals surface area contributed by atoms with Crippen molar-refractivity contribution in [3.05, 3.63) is 87.3 Å². The molecule has 3 heterocycles. The minimum atomic E-state index is -0.682. The summed E-state index contributed by atoms with van der Waals surface area (Å²) >= 11 is 12.9. The molecule has 4 aromatic rings. The molecule has 0 unspecified atom stereocenters. The highest BCUT2D eigenvalue weighted by molar-refractivity contribution is 6.39. The maximum absolute atomic E-state index is 14.9. The highest BCUT2D eigenvalue weighted by Crippen LogP contribution is 2.40. The molecule has 0 bridgehead atoms. The van der Waals surface area contributed by atoms with Gasteiger partial charge in [0.1, 0.15) is 17.2 Å². The zero-order chi connectivity index (χ0) is 24.0. The molecule has 2 aromatic heterocycles. The molecule has 0 radical (unpaired) electrons. The fourth-order valence-corrected chi connectivity index (χ4v) is 5.22. The third kappa shape index (κ3) is 4.11. The lowest BCUT2D eigenvalue weighted by molar-refractivity contribution is -0.592. The molecule has 4 nitrogen and oxygen atoms in total. The van der Waals surface area contributed by atoms with Crippen LogP contribution in [-0.2, 0) is 0 Å². The van der Waals surface area contributed by atoms with Crippen molar-refractivity contribution < 1.29 is 13.5 Å². The van der Waals surface area contributed by atoms with Crippen molar-refractivity contribution in [2.75, 3.05) is 20.1 Å². The maximum Gasteiger partial charge on any atom is 0.253 e. The van der Waals surface area contributed by atoms with Crippen LogP contribution in [0.25, 0.3) is 33.3 Å². The summed E-state index contributed by atoms with van der Waals surface area (Å²) < 4.78 is 29.3. The second-order valence-electron chi connectivity index (χ2n) is 8.65. The standard InChI is InChI=1S/C26H21Cl2F2N3O/c1-32-10-7-15(8-11-32)23-14-19(17-6-5-16(29)13-22(17)30)18-9-12-33(34)26(25(18)31-23)24-20(27)3-2-4-21(24)28/h2-6,9,12-15H,7-8,10-11H2,1H3. The summed E-state index contributed by atoms with van der Waals surface area (Å²) in [4.78, 5) is 7.17. The van der Waals surface area contributed by atoms with Crippen LogP contribution in [0, 0.1) is 16.8 Å². The second-order valence-corrected chi connectivity index (χ2v) is 9.46. The molecule has 174 valence electrons. The molecule has 1 aliphatic rings. The van der Waals surface area contributed by atoms with Crippen LogP contribution in [0.3, 0.4) is 0 Å². The van der Waals surface area contributed by atoms with Gasteiger partial charge in [0.15, 0.2) is 6.20 Å². The average Bonchev–Trinajstić information content (AvgIpc) is 2.80. The minimum absolute atomic E-state index is 0.137. The Morgan fingerprint density at radius 2 is 1.71 bits per heavy atom. The molecule has 8 heteroatoms. The Morgan fingerprint density at radius 3 is 2.38 bits per heavy atom. The Labute approximate surface area is 206 Å². The Morgan fingerprint density at radius 1 is 1.00 bits per heavy atom. The number of aromatic nitrogens is 2. The van der Waals surface area contributed by atoms with E-state index in [1.165, 1.54) is 18.3 Å². The number of nitrogens with zero attached hydrogens (tertiary/aromatic N) is 3. The third-order valence-corrected chi connectivity index (χ3v) is 7.09. The topological polar surface area (TPSA) is 43.1 Å². The van der Waals surface area contributed by atoms with Crippen molar-refractivity contribution in [2.24, 2.45) is 0 Å². The molecular formula is C26H21Cl2F2N3O. The first-order valence-electron chi connectivity index (χ1n) is 11.0. The van der Waals surface area contributed by atoms with Gasteiger partial charge in [-0.2, -0.15) is 4.73 Å². The van der Waals surface area contributed by atoms with Crippen molar-refractivity contribution in [1.82, 2.24) is 9.88 Å². The van der Waals surface area contributed by atoms with E-state index >= 15 is 0 Å². The van der Waals surface area contributed by atoms with E-state index in [0.717, 1.165) is 37.7 Å². The van der Waals surface area contributed by atoms with Gasteiger partial charge in [-0.25, -0.2) is 13.8 Å². The van der Waals surface area contributed by atoms with E-state index in [9.17, 15) is 14.0 Å². The molecule has 34 heavy (non-hydrogen) atoms. The van der Waals surface area contributed by atoms with Crippen molar-refractivity contribution in [3.63, 3.8) is 0 Å². The first-order valence-corrected chi connectivity index (χ1v) is 11.7. The van der Waals surface area contributed by atoms with Crippen molar-refractivity contribution >= 4 is 34.1 Å². The quantitative estimate of drug-likeness (QED) is 0.235. The fourth-order valence-electron chi connectivity index (χ4n) is 4.64. The summed E-state index contributed by atoms with van der Waals surface area (Å²) in [6.07, 6.45) is 3.10. The van der Waals surface area contributed by atoms with Gasteiger partial charge in [0, 0.05) is 34.7 Å². The monoisotopic (exact) mass is 499 g/mol. The Hall–Kier alpha value is -2.80. The molecule has 1 saturated heterocycles. The Balaban J connectivity index is 1.84. The van der Waals surface area contributed by atoms with Crippen LogP contribution in [0.1, 0.15) is 24.5 Å². The van der Waals surface area contributed by atoms with Gasteiger partial charge in [0.05, 0.1) is 15.6 Å². The summed E-state index contributed by atoms with van der Waals surface area (Å²) in [5.74, 6) is -1.20. The summed E-state index contributed by atoms with van der Waals surface area (Å²) in [7, 11) is 2.07. The first kappa shape index (κ1) is 23.0. The molecule has 0 saturated carbocycles. The number of pyridine rings is 2. The molecule has 2 aromatic carbocycles. The SMILES string of the molecule is CN1CCC(c2cc(-c3ccc(F)cc3F)c3cc[n+]([O-])c(-c4c(Cl)cccc4Cl)c3n2)CC1. The van der Waals surface area contributed by atoms with Crippen molar-refractivity contribution in [3.8, 4) is 22.4 Å². The lowest BCUT2D eigenvalue weighted by Crippen LogP contribution is -2.30. The number of hydrogen-bond acceptors (Lipinski definition) is 3. The van der Waals surface area contributed by atoms with E-state index in [4.69, 9.17) is 28.2 Å². The molecule has 1 aliphatic heterocycles. The number of benzene rings is 2. The van der Waals surface area contributed by atoms with Crippen LogP contribution in [0.2, 0.25) is 10.0 Å². The van der Waals surface area contributed by atoms with Crippen LogP contribution in [0.5, 0.6) is 0 Å². The third-order valence-electron chi connectivity index (χ3n) is 6.46. The molecule has 0 atom stereocenters. The first-order chi connectivity index (χ1) is 16.3. The lowest BCUT2D eigenvalue weighted by Gasteiger charge is -2.29. The molecule has 0 aliphatic carbocycles. The fraction of sp³-hybridized carbons (Fsp3) is 0.231. The van der Waals surface area contributed by atoms with Gasteiger partial charge in [-0.15, -0.1) is 0 Å². The molecule has 0 amide bonds. The highest BCUT2D eigenvalue weighted by Gasteiger charge is 2.27. The highest BCUT2D eigenvalue weighted by atomic mass is 35.5. The number of hydrogen-bond donors (Lipinski definition) is 0. The van der Waals surface area contributed by atoms with Crippen LogP contribution >= 0.6 is 23.2 Å². The largest absolute Gasteiger partial charge is 0.618 e. The average molecular weight is 500 g/mol. The van der Waals surface area contributed by atoms with Crippen LogP contribution in [0.4, 0.5) is 8.78 Å². The summed E-state index contributed by atoms with van der Waals surface area (Å²) in [6.45, 7) is 1.81. The predicted molar refractivity (Wildman–Crippen MR) is 131 cm³/mol. The smallest absolute Gasteiger partial charge is 0.253 e. The number of halogens is 4. The number of piperidine rings is 1.